The predicted octanol–water partition coefficient (Wildman–Crippen LogP) is 10.4. The van der Waals surface area contributed by atoms with Crippen molar-refractivity contribution in [2.45, 2.75) is 30.6 Å². The Morgan fingerprint density at radius 3 is 1.91 bits per heavy atom. The highest BCUT2D eigenvalue weighted by molar-refractivity contribution is 5.91. The third kappa shape index (κ3) is 4.52. The molecule has 2 aliphatic carbocycles. The van der Waals surface area contributed by atoms with Gasteiger partial charge in [0.25, 0.3) is 0 Å². The second kappa shape index (κ2) is 11.2. The van der Waals surface area contributed by atoms with E-state index >= 15 is 0 Å². The molecule has 0 aromatic heterocycles. The Kier molecular flexibility index (Phi) is 6.73. The Morgan fingerprint density at radius 1 is 0.667 bits per heavy atom. The highest BCUT2D eigenvalue weighted by atomic mass is 14.7. The minimum atomic E-state index is -0.418. The molecule has 0 saturated carbocycles. The largest absolute Gasteiger partial charge is 0.250 e. The molecule has 214 valence electrons. The van der Waals surface area contributed by atoms with Crippen LogP contribution in [-0.4, -0.2) is 6.21 Å². The van der Waals surface area contributed by atoms with Crippen LogP contribution >= 0.6 is 0 Å². The van der Waals surface area contributed by atoms with Gasteiger partial charge in [0, 0.05) is 12.1 Å². The molecular formula is C43H32N2. The van der Waals surface area contributed by atoms with Crippen molar-refractivity contribution in [1.82, 2.24) is 0 Å². The van der Waals surface area contributed by atoms with E-state index in [1.807, 2.05) is 12.3 Å². The van der Waals surface area contributed by atoms with Crippen molar-refractivity contribution in [1.29, 1.82) is 5.26 Å². The van der Waals surface area contributed by atoms with E-state index in [4.69, 9.17) is 0 Å². The molecule has 0 spiro atoms. The average molecular weight is 577 g/mol. The average Bonchev–Trinajstić information content (AvgIpc) is 3.42. The van der Waals surface area contributed by atoms with Crippen molar-refractivity contribution in [3.05, 3.63) is 185 Å². The number of nitriles is 1. The molecule has 8 rings (SSSR count). The van der Waals surface area contributed by atoms with E-state index in [1.165, 1.54) is 61.2 Å². The summed E-state index contributed by atoms with van der Waals surface area (Å²) in [5, 5.41) is 9.33. The first-order chi connectivity index (χ1) is 22.3. The lowest BCUT2D eigenvalue weighted by Gasteiger charge is -2.34. The summed E-state index contributed by atoms with van der Waals surface area (Å²) in [4.78, 5) is 4.20. The van der Waals surface area contributed by atoms with Gasteiger partial charge >= 0.3 is 0 Å². The maximum atomic E-state index is 9.33. The zero-order valence-electron chi connectivity index (χ0n) is 25.0. The van der Waals surface area contributed by atoms with Crippen LogP contribution < -0.4 is 0 Å². The number of benzene rings is 5. The molecule has 0 N–H and O–H groups in total. The Balaban J connectivity index is 1.31. The molecule has 1 unspecified atom stereocenters. The van der Waals surface area contributed by atoms with Crippen molar-refractivity contribution in [3.63, 3.8) is 0 Å². The van der Waals surface area contributed by atoms with Crippen LogP contribution in [0.3, 0.4) is 0 Å². The van der Waals surface area contributed by atoms with Gasteiger partial charge in [-0.15, -0.1) is 0 Å². The van der Waals surface area contributed by atoms with E-state index in [0.29, 0.717) is 5.70 Å². The molecule has 0 fully saturated rings. The fourth-order valence-electron chi connectivity index (χ4n) is 7.47. The molecule has 3 aliphatic rings. The summed E-state index contributed by atoms with van der Waals surface area (Å²) < 4.78 is 0. The van der Waals surface area contributed by atoms with Gasteiger partial charge in [0.15, 0.2) is 0 Å². The molecule has 0 saturated heterocycles. The van der Waals surface area contributed by atoms with Gasteiger partial charge in [0.2, 0.25) is 0 Å². The predicted molar refractivity (Wildman–Crippen MR) is 185 cm³/mol. The summed E-state index contributed by atoms with van der Waals surface area (Å²) in [5.74, 6) is 0.178. The number of aliphatic imine (C=N–C) groups is 1. The number of hydrogen-bond donors (Lipinski definition) is 0. The highest BCUT2D eigenvalue weighted by Crippen LogP contribution is 2.57. The van der Waals surface area contributed by atoms with E-state index in [0.717, 1.165) is 19.3 Å². The number of fused-ring (bicyclic) bond motifs is 3. The lowest BCUT2D eigenvalue weighted by Crippen LogP contribution is -2.28. The number of allylic oxidation sites excluding steroid dienone is 6. The van der Waals surface area contributed by atoms with E-state index < -0.39 is 5.41 Å². The molecule has 5 aromatic carbocycles. The van der Waals surface area contributed by atoms with Crippen LogP contribution in [0.2, 0.25) is 0 Å². The van der Waals surface area contributed by atoms with Crippen LogP contribution in [0.15, 0.2) is 156 Å². The van der Waals surface area contributed by atoms with Gasteiger partial charge in [0.1, 0.15) is 11.8 Å². The van der Waals surface area contributed by atoms with Crippen molar-refractivity contribution in [2.75, 3.05) is 0 Å². The topological polar surface area (TPSA) is 36.1 Å². The maximum absolute atomic E-state index is 9.33. The van der Waals surface area contributed by atoms with Gasteiger partial charge in [-0.25, -0.2) is 0 Å². The Labute approximate surface area is 265 Å². The van der Waals surface area contributed by atoms with Crippen molar-refractivity contribution in [2.24, 2.45) is 4.99 Å². The molecule has 5 aromatic rings. The van der Waals surface area contributed by atoms with E-state index in [1.54, 1.807) is 0 Å². The van der Waals surface area contributed by atoms with Gasteiger partial charge in [-0.1, -0.05) is 127 Å². The number of hydrogen-bond acceptors (Lipinski definition) is 2. The van der Waals surface area contributed by atoms with Crippen LogP contribution in [-0.2, 0) is 5.41 Å². The minimum absolute atomic E-state index is 0.178. The van der Waals surface area contributed by atoms with Crippen LogP contribution in [0.1, 0.15) is 58.6 Å². The van der Waals surface area contributed by atoms with Crippen LogP contribution in [0.4, 0.5) is 0 Å². The Hall–Kier alpha value is -5.52. The minimum Gasteiger partial charge on any atom is -0.250 e. The molecular weight excluding hydrogens is 544 g/mol. The SMILES string of the molecule is N#CC1=CC(c2ccc(-c3ccc4c(c3)-c3cc(C5=CCCC=C5)ccc3C4(c3ccccc3)c3ccccc3)cc2)CC=N1. The second-order valence-corrected chi connectivity index (χ2v) is 12.1. The second-order valence-electron chi connectivity index (χ2n) is 12.1. The maximum Gasteiger partial charge on any atom is 0.136 e. The van der Waals surface area contributed by atoms with Crippen molar-refractivity contribution >= 4 is 11.8 Å². The fourth-order valence-corrected chi connectivity index (χ4v) is 7.47. The zero-order valence-corrected chi connectivity index (χ0v) is 25.0. The zero-order chi connectivity index (χ0) is 30.2. The van der Waals surface area contributed by atoms with Gasteiger partial charge in [-0.2, -0.15) is 5.26 Å². The number of nitrogens with zero attached hydrogens (tertiary/aromatic N) is 2. The molecule has 1 atom stereocenters. The smallest absolute Gasteiger partial charge is 0.136 e. The van der Waals surface area contributed by atoms with Gasteiger partial charge in [-0.3, -0.25) is 4.99 Å². The first kappa shape index (κ1) is 27.1. The molecule has 0 bridgehead atoms. The van der Waals surface area contributed by atoms with Crippen LogP contribution in [0.5, 0.6) is 0 Å². The lowest BCUT2D eigenvalue weighted by atomic mass is 9.67. The van der Waals surface area contributed by atoms with Gasteiger partial charge in [0.05, 0.1) is 5.41 Å². The highest BCUT2D eigenvalue weighted by Gasteiger charge is 2.46. The first-order valence-corrected chi connectivity index (χ1v) is 15.8. The molecule has 1 aliphatic heterocycles. The van der Waals surface area contributed by atoms with E-state index in [2.05, 4.69) is 151 Å². The third-order valence-corrected chi connectivity index (χ3v) is 9.61. The summed E-state index contributed by atoms with van der Waals surface area (Å²) in [6, 6.07) is 47.1. The van der Waals surface area contributed by atoms with Gasteiger partial charge in [-0.05, 0) is 98.7 Å². The summed E-state index contributed by atoms with van der Waals surface area (Å²) in [6.07, 6.45) is 13.8. The van der Waals surface area contributed by atoms with Crippen molar-refractivity contribution < 1.29 is 0 Å². The van der Waals surface area contributed by atoms with Crippen LogP contribution in [0.25, 0.3) is 27.8 Å². The lowest BCUT2D eigenvalue weighted by molar-refractivity contribution is 0.768. The molecule has 2 heteroatoms. The standard InChI is InChI=1S/C43H32N2/c44-29-38-26-35(24-25-45-38)32-18-16-31(17-19-32)34-21-23-42-40(28-34)39-27-33(30-10-4-1-5-11-30)20-22-41(39)43(42,36-12-6-2-7-13-36)37-14-8-3-9-15-37/h2-4,6-23,25-28,35H,1,5,24H2. The summed E-state index contributed by atoms with van der Waals surface area (Å²) in [5.41, 5.74) is 14.0. The first-order valence-electron chi connectivity index (χ1n) is 15.8. The summed E-state index contributed by atoms with van der Waals surface area (Å²) in [6.45, 7) is 0. The van der Waals surface area contributed by atoms with E-state index in [-0.39, 0.29) is 5.92 Å². The van der Waals surface area contributed by atoms with Gasteiger partial charge < -0.3 is 0 Å². The summed E-state index contributed by atoms with van der Waals surface area (Å²) in [7, 11) is 0. The molecule has 0 radical (unpaired) electrons. The Bertz CT molecular complexity index is 2030. The van der Waals surface area contributed by atoms with Crippen LogP contribution in [0, 0.1) is 11.3 Å². The quantitative estimate of drug-likeness (QED) is 0.201. The van der Waals surface area contributed by atoms with E-state index in [9.17, 15) is 5.26 Å². The third-order valence-electron chi connectivity index (χ3n) is 9.61. The number of rotatable bonds is 5. The molecule has 45 heavy (non-hydrogen) atoms. The molecule has 1 heterocycles. The molecule has 2 nitrogen and oxygen atoms in total. The summed E-state index contributed by atoms with van der Waals surface area (Å²) >= 11 is 0. The van der Waals surface area contributed by atoms with Crippen molar-refractivity contribution in [3.8, 4) is 28.3 Å². The molecule has 0 amide bonds. The normalized spacial score (nSPS) is 17.5. The Morgan fingerprint density at radius 2 is 1.29 bits per heavy atom. The monoisotopic (exact) mass is 576 g/mol. The fraction of sp³-hybridized carbons (Fsp3) is 0.116.